The number of carbonyl (C=O) groups excluding carboxylic acids is 1. The monoisotopic (exact) mass is 301 g/mol. The molecule has 1 N–H and O–H groups in total. The minimum absolute atomic E-state index is 0.302. The fraction of sp³-hybridized carbons (Fsp3) is 0.500. The summed E-state index contributed by atoms with van der Waals surface area (Å²) < 4.78 is 15.4. The number of halogens is 1. The van der Waals surface area contributed by atoms with Gasteiger partial charge in [0.2, 0.25) is 0 Å². The summed E-state index contributed by atoms with van der Waals surface area (Å²) in [6.45, 7) is 4.01. The molecular formula is C14H20ClNO4. The van der Waals surface area contributed by atoms with E-state index in [4.69, 9.17) is 25.8 Å². The lowest BCUT2D eigenvalue weighted by atomic mass is 10.2. The van der Waals surface area contributed by atoms with Crippen LogP contribution in [0, 0.1) is 0 Å². The molecule has 0 fully saturated rings. The van der Waals surface area contributed by atoms with Crippen molar-refractivity contribution in [2.24, 2.45) is 0 Å². The molecule has 1 aromatic rings. The van der Waals surface area contributed by atoms with Crippen molar-refractivity contribution in [2.45, 2.75) is 26.3 Å². The van der Waals surface area contributed by atoms with Crippen molar-refractivity contribution in [3.05, 3.63) is 17.2 Å². The highest BCUT2D eigenvalue weighted by molar-refractivity contribution is 6.32. The fourth-order valence-electron chi connectivity index (χ4n) is 1.73. The van der Waals surface area contributed by atoms with Gasteiger partial charge in [-0.2, -0.15) is 0 Å². The number of anilines is 1. The molecule has 1 unspecified atom stereocenters. The highest BCUT2D eigenvalue weighted by Gasteiger charge is 2.20. The molecule has 0 saturated heterocycles. The lowest BCUT2D eigenvalue weighted by Gasteiger charge is -2.19. The molecule has 0 spiro atoms. The molecular weight excluding hydrogens is 282 g/mol. The van der Waals surface area contributed by atoms with E-state index in [-0.39, 0.29) is 5.97 Å². The molecule has 0 radical (unpaired) electrons. The van der Waals surface area contributed by atoms with Crippen molar-refractivity contribution in [1.82, 2.24) is 0 Å². The van der Waals surface area contributed by atoms with Gasteiger partial charge < -0.3 is 19.5 Å². The maximum Gasteiger partial charge on any atom is 0.328 e. The Bertz CT molecular complexity index is 465. The zero-order valence-electron chi connectivity index (χ0n) is 12.2. The summed E-state index contributed by atoms with van der Waals surface area (Å²) in [5.41, 5.74) is 0.623. The number of esters is 1. The number of ether oxygens (including phenoxy) is 3. The second kappa shape index (κ2) is 7.85. The van der Waals surface area contributed by atoms with Crippen LogP contribution in [0.25, 0.3) is 0 Å². The first-order valence-electron chi connectivity index (χ1n) is 6.42. The topological polar surface area (TPSA) is 56.8 Å². The van der Waals surface area contributed by atoms with Gasteiger partial charge in [0.15, 0.2) is 0 Å². The summed E-state index contributed by atoms with van der Waals surface area (Å²) in [6, 6.07) is 2.89. The SMILES string of the molecule is CCOC(=O)C(CC)Nc1cc(Cl)c(OC)cc1OC. The molecule has 6 heteroatoms. The van der Waals surface area contributed by atoms with Gasteiger partial charge in [-0.15, -0.1) is 0 Å². The maximum atomic E-state index is 11.8. The van der Waals surface area contributed by atoms with Crippen molar-refractivity contribution >= 4 is 23.3 Å². The first-order valence-corrected chi connectivity index (χ1v) is 6.79. The van der Waals surface area contributed by atoms with Crippen LogP contribution in [0.3, 0.4) is 0 Å². The summed E-state index contributed by atoms with van der Waals surface area (Å²) in [5.74, 6) is 0.760. The van der Waals surface area contributed by atoms with Crippen molar-refractivity contribution in [2.75, 3.05) is 26.1 Å². The maximum absolute atomic E-state index is 11.8. The molecule has 1 aromatic carbocycles. The third-order valence-corrected chi connectivity index (χ3v) is 3.08. The number of rotatable bonds is 7. The normalized spacial score (nSPS) is 11.7. The molecule has 0 bridgehead atoms. The third-order valence-electron chi connectivity index (χ3n) is 2.78. The number of methoxy groups -OCH3 is 2. The average Bonchev–Trinajstić information content (AvgIpc) is 2.45. The quantitative estimate of drug-likeness (QED) is 0.784. The van der Waals surface area contributed by atoms with Gasteiger partial charge in [0.05, 0.1) is 31.5 Å². The Morgan fingerprint density at radius 2 is 1.90 bits per heavy atom. The molecule has 5 nitrogen and oxygen atoms in total. The number of carbonyl (C=O) groups is 1. The molecule has 0 heterocycles. The van der Waals surface area contributed by atoms with Gasteiger partial charge in [-0.25, -0.2) is 4.79 Å². The van der Waals surface area contributed by atoms with E-state index in [1.165, 1.54) is 7.11 Å². The lowest BCUT2D eigenvalue weighted by Crippen LogP contribution is -2.30. The Kier molecular flexibility index (Phi) is 6.45. The Morgan fingerprint density at radius 1 is 1.25 bits per heavy atom. The fourth-order valence-corrected chi connectivity index (χ4v) is 1.97. The standard InChI is InChI=1S/C14H20ClNO4/c1-5-10(14(17)20-6-2)16-11-7-9(15)12(18-3)8-13(11)19-4/h7-8,10,16H,5-6H2,1-4H3. The Morgan fingerprint density at radius 3 is 2.40 bits per heavy atom. The van der Waals surface area contributed by atoms with E-state index in [9.17, 15) is 4.79 Å². The minimum atomic E-state index is -0.451. The molecule has 0 aliphatic carbocycles. The van der Waals surface area contributed by atoms with Gasteiger partial charge in [-0.05, 0) is 19.4 Å². The summed E-state index contributed by atoms with van der Waals surface area (Å²) in [4.78, 5) is 11.8. The van der Waals surface area contributed by atoms with E-state index in [2.05, 4.69) is 5.32 Å². The molecule has 0 aliphatic rings. The van der Waals surface area contributed by atoms with E-state index in [1.807, 2.05) is 6.92 Å². The first-order chi connectivity index (χ1) is 9.57. The number of hydrogen-bond acceptors (Lipinski definition) is 5. The second-order valence-corrected chi connectivity index (χ2v) is 4.45. The number of benzene rings is 1. The van der Waals surface area contributed by atoms with Crippen LogP contribution in [0.1, 0.15) is 20.3 Å². The van der Waals surface area contributed by atoms with E-state index in [0.717, 1.165) is 0 Å². The van der Waals surface area contributed by atoms with E-state index in [1.54, 1.807) is 26.2 Å². The second-order valence-electron chi connectivity index (χ2n) is 4.04. The zero-order valence-corrected chi connectivity index (χ0v) is 12.9. The highest BCUT2D eigenvalue weighted by atomic mass is 35.5. The number of nitrogens with one attached hydrogen (secondary N) is 1. The van der Waals surface area contributed by atoms with Crippen molar-refractivity contribution in [1.29, 1.82) is 0 Å². The summed E-state index contributed by atoms with van der Waals surface area (Å²) in [6.07, 6.45) is 0.589. The number of hydrogen-bond donors (Lipinski definition) is 1. The first kappa shape index (κ1) is 16.4. The van der Waals surface area contributed by atoms with Gasteiger partial charge in [-0.3, -0.25) is 0 Å². The van der Waals surface area contributed by atoms with E-state index in [0.29, 0.717) is 35.2 Å². The molecule has 20 heavy (non-hydrogen) atoms. The average molecular weight is 302 g/mol. The molecule has 0 amide bonds. The summed E-state index contributed by atoms with van der Waals surface area (Å²) in [7, 11) is 3.07. The van der Waals surface area contributed by atoms with E-state index < -0.39 is 6.04 Å². The minimum Gasteiger partial charge on any atom is -0.495 e. The Labute approximate surface area is 124 Å². The molecule has 1 atom stereocenters. The van der Waals surface area contributed by atoms with Gasteiger partial charge in [-0.1, -0.05) is 18.5 Å². The Balaban J connectivity index is 3.00. The molecule has 112 valence electrons. The van der Waals surface area contributed by atoms with Crippen LogP contribution in [0.4, 0.5) is 5.69 Å². The van der Waals surface area contributed by atoms with Crippen LogP contribution in [-0.4, -0.2) is 32.8 Å². The predicted octanol–water partition coefficient (Wildman–Crippen LogP) is 3.11. The molecule has 1 rings (SSSR count). The van der Waals surface area contributed by atoms with Gasteiger partial charge in [0.1, 0.15) is 17.5 Å². The highest BCUT2D eigenvalue weighted by Crippen LogP contribution is 2.36. The van der Waals surface area contributed by atoms with Crippen LogP contribution in [0.15, 0.2) is 12.1 Å². The smallest absolute Gasteiger partial charge is 0.328 e. The lowest BCUT2D eigenvalue weighted by molar-refractivity contribution is -0.144. The van der Waals surface area contributed by atoms with Crippen molar-refractivity contribution in [3.63, 3.8) is 0 Å². The molecule has 0 aromatic heterocycles. The molecule has 0 aliphatic heterocycles. The summed E-state index contributed by atoms with van der Waals surface area (Å²) >= 11 is 6.09. The largest absolute Gasteiger partial charge is 0.495 e. The van der Waals surface area contributed by atoms with Crippen LogP contribution in [-0.2, 0) is 9.53 Å². The summed E-state index contributed by atoms with van der Waals surface area (Å²) in [5, 5.41) is 3.52. The predicted molar refractivity (Wildman–Crippen MR) is 78.9 cm³/mol. The van der Waals surface area contributed by atoms with Gasteiger partial charge in [0.25, 0.3) is 0 Å². The van der Waals surface area contributed by atoms with Gasteiger partial charge in [0, 0.05) is 6.07 Å². The van der Waals surface area contributed by atoms with Crippen molar-refractivity contribution in [3.8, 4) is 11.5 Å². The third kappa shape index (κ3) is 3.93. The van der Waals surface area contributed by atoms with Gasteiger partial charge >= 0.3 is 5.97 Å². The van der Waals surface area contributed by atoms with Crippen LogP contribution in [0.5, 0.6) is 11.5 Å². The van der Waals surface area contributed by atoms with E-state index >= 15 is 0 Å². The van der Waals surface area contributed by atoms with Crippen molar-refractivity contribution < 1.29 is 19.0 Å². The van der Waals surface area contributed by atoms with Crippen LogP contribution >= 0.6 is 11.6 Å². The van der Waals surface area contributed by atoms with Crippen LogP contribution in [0.2, 0.25) is 5.02 Å². The van der Waals surface area contributed by atoms with Crippen LogP contribution < -0.4 is 14.8 Å². The zero-order chi connectivity index (χ0) is 15.1. The Hall–Kier alpha value is -1.62. The molecule has 0 saturated carbocycles.